The molecule has 8 heteroatoms. The molecule has 3 aliphatic rings. The van der Waals surface area contributed by atoms with Crippen molar-refractivity contribution in [1.82, 2.24) is 4.90 Å². The Hall–Kier alpha value is -2.87. The number of hydrogen-bond donors (Lipinski definition) is 1. The van der Waals surface area contributed by atoms with E-state index in [-0.39, 0.29) is 10.8 Å². The van der Waals surface area contributed by atoms with Gasteiger partial charge in [-0.3, -0.25) is 4.79 Å². The highest BCUT2D eigenvalue weighted by molar-refractivity contribution is 7.90. The lowest BCUT2D eigenvalue weighted by atomic mass is 10.1. The van der Waals surface area contributed by atoms with Crippen molar-refractivity contribution >= 4 is 33.1 Å². The molecule has 2 aromatic rings. The number of nitrogens with zero attached hydrogens (tertiary/aromatic N) is 3. The van der Waals surface area contributed by atoms with Gasteiger partial charge in [0.25, 0.3) is 10.0 Å². The maximum absolute atomic E-state index is 13.1. The Balaban J connectivity index is 1.32. The van der Waals surface area contributed by atoms with Crippen LogP contribution in [0.4, 0.5) is 11.4 Å². The van der Waals surface area contributed by atoms with Crippen LogP contribution in [0, 0.1) is 0 Å². The lowest BCUT2D eigenvalue weighted by Gasteiger charge is -2.29. The molecule has 0 aliphatic carbocycles. The highest BCUT2D eigenvalue weighted by Gasteiger charge is 2.39. The molecular weight excluding hydrogens is 412 g/mol. The molecule has 7 nitrogen and oxygen atoms in total. The molecule has 0 saturated carbocycles. The van der Waals surface area contributed by atoms with E-state index >= 15 is 0 Å². The zero-order chi connectivity index (χ0) is 21.4. The average Bonchev–Trinajstić information content (AvgIpc) is 3.38. The second kappa shape index (κ2) is 8.00. The molecule has 1 N–H and O–H groups in total. The van der Waals surface area contributed by atoms with Crippen LogP contribution in [0.1, 0.15) is 37.7 Å². The van der Waals surface area contributed by atoms with Gasteiger partial charge in [0.15, 0.2) is 5.84 Å². The van der Waals surface area contributed by atoms with Gasteiger partial charge in [-0.2, -0.15) is 8.42 Å². The summed E-state index contributed by atoms with van der Waals surface area (Å²) in [6, 6.07) is 14.3. The predicted molar refractivity (Wildman–Crippen MR) is 121 cm³/mol. The number of amidine groups is 1. The Kier molecular flexibility index (Phi) is 5.17. The standard InChI is InChI=1S/C23H26N4O3S/c28-23(24-17-10-12-18(13-11-17)26-14-4-1-5-15-26)20-8-6-16-27(20)22-19-7-2-3-9-21(19)31(29,30)25-22/h2-3,7,9-13,20H,1,4-6,8,14-16H2,(H,24,28)/t20-/m0/s1. The van der Waals surface area contributed by atoms with Crippen molar-refractivity contribution in [1.29, 1.82) is 0 Å². The van der Waals surface area contributed by atoms with Gasteiger partial charge < -0.3 is 15.1 Å². The fourth-order valence-corrected chi connectivity index (χ4v) is 5.94. The van der Waals surface area contributed by atoms with Gasteiger partial charge in [-0.05, 0) is 68.5 Å². The molecular formula is C23H26N4O3S. The first-order valence-corrected chi connectivity index (χ1v) is 12.3. The second-order valence-corrected chi connectivity index (χ2v) is 9.89. The smallest absolute Gasteiger partial charge is 0.285 e. The van der Waals surface area contributed by atoms with Crippen molar-refractivity contribution in [3.05, 3.63) is 54.1 Å². The van der Waals surface area contributed by atoms with E-state index in [9.17, 15) is 13.2 Å². The number of likely N-dealkylation sites (tertiary alicyclic amines) is 1. The van der Waals surface area contributed by atoms with Crippen molar-refractivity contribution in [3.63, 3.8) is 0 Å². The lowest BCUT2D eigenvalue weighted by molar-refractivity contribution is -0.119. The molecule has 0 spiro atoms. The minimum atomic E-state index is -3.71. The zero-order valence-electron chi connectivity index (χ0n) is 17.3. The third-order valence-electron chi connectivity index (χ3n) is 6.30. The van der Waals surface area contributed by atoms with Gasteiger partial charge in [-0.15, -0.1) is 4.40 Å². The van der Waals surface area contributed by atoms with Crippen LogP contribution in [0.2, 0.25) is 0 Å². The SMILES string of the molecule is O=C(Nc1ccc(N2CCCCC2)cc1)[C@@H]1CCCN1C1=NS(=O)(=O)c2ccccc21. The molecule has 2 aromatic carbocycles. The van der Waals surface area contributed by atoms with Gasteiger partial charge in [-0.1, -0.05) is 12.1 Å². The zero-order valence-corrected chi connectivity index (χ0v) is 18.1. The highest BCUT2D eigenvalue weighted by atomic mass is 32.2. The van der Waals surface area contributed by atoms with E-state index in [0.717, 1.165) is 25.2 Å². The van der Waals surface area contributed by atoms with Crippen LogP contribution >= 0.6 is 0 Å². The molecule has 0 unspecified atom stereocenters. The van der Waals surface area contributed by atoms with E-state index in [2.05, 4.69) is 26.7 Å². The van der Waals surface area contributed by atoms with Gasteiger partial charge in [0, 0.05) is 36.6 Å². The Bertz CT molecular complexity index is 1120. The third kappa shape index (κ3) is 3.80. The monoisotopic (exact) mass is 438 g/mol. The largest absolute Gasteiger partial charge is 0.372 e. The van der Waals surface area contributed by atoms with E-state index in [1.807, 2.05) is 17.0 Å². The molecule has 1 atom stereocenters. The van der Waals surface area contributed by atoms with Gasteiger partial charge >= 0.3 is 0 Å². The lowest BCUT2D eigenvalue weighted by Crippen LogP contribution is -2.43. The second-order valence-electron chi connectivity index (χ2n) is 8.32. The van der Waals surface area contributed by atoms with E-state index in [0.29, 0.717) is 24.4 Å². The first kappa shape index (κ1) is 20.1. The van der Waals surface area contributed by atoms with Crippen molar-refractivity contribution in [2.75, 3.05) is 29.9 Å². The van der Waals surface area contributed by atoms with Gasteiger partial charge in [0.05, 0.1) is 0 Å². The van der Waals surface area contributed by atoms with Crippen molar-refractivity contribution < 1.29 is 13.2 Å². The number of nitrogens with one attached hydrogen (secondary N) is 1. The summed E-state index contributed by atoms with van der Waals surface area (Å²) in [5.41, 5.74) is 2.51. The number of fused-ring (bicyclic) bond motifs is 1. The summed E-state index contributed by atoms with van der Waals surface area (Å²) in [7, 11) is -3.71. The van der Waals surface area contributed by atoms with E-state index in [4.69, 9.17) is 0 Å². The van der Waals surface area contributed by atoms with E-state index in [1.54, 1.807) is 24.3 Å². The number of amides is 1. The van der Waals surface area contributed by atoms with Crippen molar-refractivity contribution in [2.45, 2.75) is 43.0 Å². The minimum absolute atomic E-state index is 0.132. The number of carbonyl (C=O) groups is 1. The Morgan fingerprint density at radius 2 is 1.68 bits per heavy atom. The predicted octanol–water partition coefficient (Wildman–Crippen LogP) is 3.23. The molecule has 0 aromatic heterocycles. The van der Waals surface area contributed by atoms with Crippen LogP contribution in [-0.2, 0) is 14.8 Å². The summed E-state index contributed by atoms with van der Waals surface area (Å²) in [5, 5.41) is 3.01. The number of sulfonamides is 1. The Labute approximate surface area is 182 Å². The molecule has 3 heterocycles. The normalized spacial score (nSPS) is 22.2. The fraction of sp³-hybridized carbons (Fsp3) is 0.391. The van der Waals surface area contributed by atoms with E-state index in [1.165, 1.54) is 24.9 Å². The maximum Gasteiger partial charge on any atom is 0.285 e. The summed E-state index contributed by atoms with van der Waals surface area (Å²) in [5.74, 6) is 0.251. The number of benzene rings is 2. The highest BCUT2D eigenvalue weighted by Crippen LogP contribution is 2.31. The molecule has 1 amide bonds. The number of hydrogen-bond acceptors (Lipinski definition) is 5. The van der Waals surface area contributed by atoms with Gasteiger partial charge in [-0.25, -0.2) is 0 Å². The minimum Gasteiger partial charge on any atom is -0.372 e. The first-order valence-electron chi connectivity index (χ1n) is 10.9. The topological polar surface area (TPSA) is 82.1 Å². The molecule has 162 valence electrons. The van der Waals surface area contributed by atoms with Gasteiger partial charge in [0.2, 0.25) is 5.91 Å². The van der Waals surface area contributed by atoms with E-state index < -0.39 is 16.1 Å². The van der Waals surface area contributed by atoms with Crippen LogP contribution < -0.4 is 10.2 Å². The molecule has 5 rings (SSSR count). The summed E-state index contributed by atoms with van der Waals surface area (Å²) >= 11 is 0. The fourth-order valence-electron chi connectivity index (χ4n) is 4.72. The van der Waals surface area contributed by atoms with Crippen LogP contribution in [0.3, 0.4) is 0 Å². The molecule has 2 fully saturated rings. The number of carbonyl (C=O) groups excluding carboxylic acids is 1. The summed E-state index contributed by atoms with van der Waals surface area (Å²) < 4.78 is 28.9. The number of piperidine rings is 1. The van der Waals surface area contributed by atoms with Crippen LogP contribution in [0.5, 0.6) is 0 Å². The van der Waals surface area contributed by atoms with Crippen molar-refractivity contribution in [3.8, 4) is 0 Å². The third-order valence-corrected chi connectivity index (χ3v) is 7.62. The summed E-state index contributed by atoms with van der Waals surface area (Å²) in [6.45, 7) is 2.76. The molecule has 0 bridgehead atoms. The van der Waals surface area contributed by atoms with Crippen LogP contribution in [0.25, 0.3) is 0 Å². The quantitative estimate of drug-likeness (QED) is 0.796. The molecule has 31 heavy (non-hydrogen) atoms. The van der Waals surface area contributed by atoms with Crippen LogP contribution in [0.15, 0.2) is 57.8 Å². The van der Waals surface area contributed by atoms with Crippen molar-refractivity contribution in [2.24, 2.45) is 4.40 Å². The summed E-state index contributed by atoms with van der Waals surface area (Å²) in [4.78, 5) is 17.5. The number of rotatable bonds is 3. The molecule has 3 aliphatic heterocycles. The Morgan fingerprint density at radius 3 is 2.45 bits per heavy atom. The molecule has 2 saturated heterocycles. The number of anilines is 2. The van der Waals surface area contributed by atoms with Gasteiger partial charge in [0.1, 0.15) is 10.9 Å². The Morgan fingerprint density at radius 1 is 0.935 bits per heavy atom. The average molecular weight is 439 g/mol. The molecule has 0 radical (unpaired) electrons. The first-order chi connectivity index (χ1) is 15.0. The maximum atomic E-state index is 13.1. The van der Waals surface area contributed by atoms with Crippen LogP contribution in [-0.4, -0.2) is 50.7 Å². The summed E-state index contributed by atoms with van der Waals surface area (Å²) in [6.07, 6.45) is 5.21.